The Morgan fingerprint density at radius 1 is 1.26 bits per heavy atom. The number of aliphatic imine (C=N–C) groups is 1. The topological polar surface area (TPSA) is 123 Å². The number of benzene rings is 2. The highest BCUT2D eigenvalue weighted by molar-refractivity contribution is 8.18. The lowest BCUT2D eigenvalue weighted by Crippen LogP contribution is -2.44. The molecular weight excluding hydrogens is 597 g/mol. The number of amides is 3. The van der Waals surface area contributed by atoms with Crippen LogP contribution in [0.4, 0.5) is 18.0 Å². The Kier molecular flexibility index (Phi) is 7.94. The number of nitrogens with two attached hydrogens (primary N) is 1. The van der Waals surface area contributed by atoms with Crippen molar-refractivity contribution < 1.29 is 32.3 Å². The van der Waals surface area contributed by atoms with Gasteiger partial charge in [-0.15, -0.1) is 0 Å². The minimum absolute atomic E-state index is 0.00648. The Bertz CT molecular complexity index is 1660. The zero-order chi connectivity index (χ0) is 30.3. The minimum atomic E-state index is -4.56. The molecule has 0 bridgehead atoms. The summed E-state index contributed by atoms with van der Waals surface area (Å²) in [6.45, 7) is 0.0541. The van der Waals surface area contributed by atoms with Crippen LogP contribution in [0, 0.1) is 0 Å². The number of amidine groups is 1. The number of aromatic nitrogens is 2. The fraction of sp³-hybridized carbons (Fsp3) is 0.296. The first-order valence-corrected chi connectivity index (χ1v) is 13.8. The van der Waals surface area contributed by atoms with Crippen molar-refractivity contribution in [3.8, 4) is 0 Å². The van der Waals surface area contributed by atoms with E-state index in [1.807, 2.05) is 0 Å². The van der Waals surface area contributed by atoms with Gasteiger partial charge in [-0.3, -0.25) is 9.48 Å². The number of urea groups is 1. The molecule has 3 amide bonds. The van der Waals surface area contributed by atoms with Gasteiger partial charge in [-0.1, -0.05) is 23.7 Å². The van der Waals surface area contributed by atoms with Crippen molar-refractivity contribution in [2.75, 3.05) is 20.7 Å². The van der Waals surface area contributed by atoms with Gasteiger partial charge in [0.1, 0.15) is 6.04 Å². The van der Waals surface area contributed by atoms with Crippen LogP contribution >= 0.6 is 23.4 Å². The van der Waals surface area contributed by atoms with Gasteiger partial charge in [-0.25, -0.2) is 9.59 Å². The number of rotatable bonds is 5. The third-order valence-corrected chi connectivity index (χ3v) is 8.46. The summed E-state index contributed by atoms with van der Waals surface area (Å²) in [6.07, 6.45) is -1.09. The Balaban J connectivity index is 1.32. The van der Waals surface area contributed by atoms with E-state index in [4.69, 9.17) is 22.1 Å². The molecule has 3 heterocycles. The maximum atomic E-state index is 13.6. The summed E-state index contributed by atoms with van der Waals surface area (Å²) < 4.78 is 46.9. The van der Waals surface area contributed by atoms with E-state index in [-0.39, 0.29) is 36.1 Å². The van der Waals surface area contributed by atoms with Crippen LogP contribution < -0.4 is 5.73 Å². The minimum Gasteiger partial charge on any atom is -0.467 e. The second-order valence-corrected chi connectivity index (χ2v) is 11.2. The van der Waals surface area contributed by atoms with Crippen LogP contribution in [0.25, 0.3) is 17.0 Å². The van der Waals surface area contributed by atoms with Crippen LogP contribution in [0.2, 0.25) is 5.02 Å². The Morgan fingerprint density at radius 3 is 2.71 bits per heavy atom. The van der Waals surface area contributed by atoms with Crippen LogP contribution in [-0.4, -0.2) is 75.4 Å². The van der Waals surface area contributed by atoms with Crippen LogP contribution in [0.15, 0.2) is 52.5 Å². The second kappa shape index (κ2) is 11.3. The Labute approximate surface area is 246 Å². The molecule has 1 fully saturated rings. The number of hydrogen-bond acceptors (Lipinski definition) is 7. The van der Waals surface area contributed by atoms with E-state index >= 15 is 0 Å². The van der Waals surface area contributed by atoms with Gasteiger partial charge in [0.2, 0.25) is 0 Å². The molecule has 0 saturated carbocycles. The molecule has 1 saturated heterocycles. The summed E-state index contributed by atoms with van der Waals surface area (Å²) in [4.78, 5) is 44.2. The van der Waals surface area contributed by atoms with Crippen molar-refractivity contribution in [2.45, 2.75) is 31.2 Å². The van der Waals surface area contributed by atoms with Crippen molar-refractivity contribution in [3.05, 3.63) is 69.2 Å². The fourth-order valence-corrected chi connectivity index (χ4v) is 6.11. The van der Waals surface area contributed by atoms with Crippen LogP contribution in [0.1, 0.15) is 23.1 Å². The van der Waals surface area contributed by atoms with Crippen molar-refractivity contribution in [1.29, 1.82) is 0 Å². The molecule has 3 aromatic rings. The highest BCUT2D eigenvalue weighted by Gasteiger charge is 2.42. The Hall–Kier alpha value is -4.04. The molecule has 2 unspecified atom stereocenters. The molecule has 2 N–H and O–H groups in total. The molecule has 2 aliphatic heterocycles. The summed E-state index contributed by atoms with van der Waals surface area (Å²) in [5.74, 6) is -1.02. The van der Waals surface area contributed by atoms with E-state index in [2.05, 4.69) is 10.1 Å². The molecule has 0 spiro atoms. The molecule has 1 aromatic heterocycles. The number of fused-ring (bicyclic) bond motifs is 1. The predicted octanol–water partition coefficient (Wildman–Crippen LogP) is 4.35. The number of alkyl halides is 3. The molecule has 2 aliphatic rings. The summed E-state index contributed by atoms with van der Waals surface area (Å²) >= 11 is 6.95. The molecule has 5 rings (SSSR count). The molecule has 2 atom stereocenters. The highest BCUT2D eigenvalue weighted by Crippen LogP contribution is 2.35. The zero-order valence-corrected chi connectivity index (χ0v) is 23.8. The van der Waals surface area contributed by atoms with Crippen molar-refractivity contribution >= 4 is 63.4 Å². The van der Waals surface area contributed by atoms with Gasteiger partial charge in [-0.2, -0.15) is 23.3 Å². The quantitative estimate of drug-likeness (QED) is 0.332. The lowest BCUT2D eigenvalue weighted by molar-refractivity contribution is -0.145. The molecule has 42 heavy (non-hydrogen) atoms. The first kappa shape index (κ1) is 29.5. The fourth-order valence-electron chi connectivity index (χ4n) is 4.99. The summed E-state index contributed by atoms with van der Waals surface area (Å²) in [5, 5.41) is 5.34. The Morgan fingerprint density at radius 2 is 2.02 bits per heavy atom. The molecule has 220 valence electrons. The average molecular weight is 621 g/mol. The largest absolute Gasteiger partial charge is 0.467 e. The van der Waals surface area contributed by atoms with Gasteiger partial charge < -0.3 is 20.3 Å². The number of likely N-dealkylation sites (tertiary alicyclic amines) is 1. The lowest BCUT2D eigenvalue weighted by atomic mass is 10.1. The number of carbonyl (C=O) groups is 3. The number of hydrogen-bond donors (Lipinski definition) is 1. The maximum Gasteiger partial charge on any atom is 0.416 e. The molecule has 0 radical (unpaired) electrons. The molecule has 2 aromatic carbocycles. The number of nitrogens with zero attached hydrogens (tertiary/aromatic N) is 5. The maximum absolute atomic E-state index is 13.6. The van der Waals surface area contributed by atoms with E-state index in [1.54, 1.807) is 42.4 Å². The number of primary amides is 1. The number of thioether (sulfide) groups is 1. The molecule has 0 aliphatic carbocycles. The number of carbonyl (C=O) groups excluding carboxylic acids is 3. The summed E-state index contributed by atoms with van der Waals surface area (Å²) in [7, 11) is 2.95. The number of halogens is 4. The van der Waals surface area contributed by atoms with E-state index in [9.17, 15) is 27.6 Å². The van der Waals surface area contributed by atoms with Gasteiger partial charge in [0.25, 0.3) is 5.91 Å². The normalized spacial score (nSPS) is 20.0. The second-order valence-electron chi connectivity index (χ2n) is 9.76. The first-order valence-electron chi connectivity index (χ1n) is 12.6. The number of ether oxygens (including phenoxy) is 1. The van der Waals surface area contributed by atoms with Crippen LogP contribution in [0.5, 0.6) is 0 Å². The molecular formula is C27H24ClF3N6O4S. The molecule has 15 heteroatoms. The van der Waals surface area contributed by atoms with Crippen LogP contribution in [0.3, 0.4) is 0 Å². The number of esters is 1. The summed E-state index contributed by atoms with van der Waals surface area (Å²) in [6, 6.07) is 6.98. The standard InChI is InChI=1S/C27H24ClF3N6O4S/c1-35(18-10-21(24(39)41-2)36(13-18)25(32)40)26-34-23(38)22(42-26)8-14-3-6-20-16(7-14)11-33-37(20)12-15-4-5-17(28)9-19(15)27(29,30)31/h3-9,11,18,21H,10,12-13H2,1-2H3,(H2,32,40). The van der Waals surface area contributed by atoms with E-state index in [0.29, 0.717) is 26.5 Å². The van der Waals surface area contributed by atoms with E-state index in [1.165, 1.54) is 28.8 Å². The van der Waals surface area contributed by atoms with Gasteiger partial charge in [0.05, 0.1) is 41.9 Å². The first-order chi connectivity index (χ1) is 19.8. The smallest absolute Gasteiger partial charge is 0.416 e. The predicted molar refractivity (Wildman–Crippen MR) is 152 cm³/mol. The van der Waals surface area contributed by atoms with Gasteiger partial charge in [-0.05, 0) is 53.2 Å². The van der Waals surface area contributed by atoms with Crippen molar-refractivity contribution in [1.82, 2.24) is 19.6 Å². The SMILES string of the molecule is COC(=O)C1CC(N(C)C2=NC(=O)C(=Cc3ccc4c(cnn4Cc4ccc(Cl)cc4C(F)(F)F)c3)S2)CN1C(N)=O. The van der Waals surface area contributed by atoms with E-state index in [0.717, 1.165) is 17.8 Å². The van der Waals surface area contributed by atoms with Crippen molar-refractivity contribution in [3.63, 3.8) is 0 Å². The molecule has 10 nitrogen and oxygen atoms in total. The number of likely N-dealkylation sites (N-methyl/N-ethyl adjacent to an activating group) is 1. The van der Waals surface area contributed by atoms with Gasteiger partial charge >= 0.3 is 18.2 Å². The number of methoxy groups -OCH3 is 1. The third kappa shape index (κ3) is 5.81. The average Bonchev–Trinajstić information content (AvgIpc) is 3.66. The van der Waals surface area contributed by atoms with E-state index < -0.39 is 35.7 Å². The lowest BCUT2D eigenvalue weighted by Gasteiger charge is -2.25. The highest BCUT2D eigenvalue weighted by atomic mass is 35.5. The zero-order valence-electron chi connectivity index (χ0n) is 22.3. The van der Waals surface area contributed by atoms with Gasteiger partial charge in [0, 0.05) is 30.4 Å². The van der Waals surface area contributed by atoms with Gasteiger partial charge in [0.15, 0.2) is 5.17 Å². The summed E-state index contributed by atoms with van der Waals surface area (Å²) in [5.41, 5.74) is 5.94. The monoisotopic (exact) mass is 620 g/mol. The van der Waals surface area contributed by atoms with Crippen LogP contribution in [-0.2, 0) is 27.0 Å². The van der Waals surface area contributed by atoms with Crippen molar-refractivity contribution in [2.24, 2.45) is 10.7 Å². The third-order valence-electron chi connectivity index (χ3n) is 7.16.